The highest BCUT2D eigenvalue weighted by Gasteiger charge is 2.14. The predicted octanol–water partition coefficient (Wildman–Crippen LogP) is 4.20. The maximum atomic E-state index is 12.0. The minimum atomic E-state index is -0.591. The second-order valence-corrected chi connectivity index (χ2v) is 5.04. The number of halogens is 3. The largest absolute Gasteiger partial charge is 0.320 e. The van der Waals surface area contributed by atoms with E-state index in [2.05, 4.69) is 10.3 Å². The second-order valence-electron chi connectivity index (χ2n) is 3.87. The number of rotatable bonds is 3. The van der Waals surface area contributed by atoms with E-state index < -0.39 is 10.8 Å². The molecule has 1 aromatic carbocycles. The number of nitro groups is 1. The topological polar surface area (TPSA) is 85.1 Å². The van der Waals surface area contributed by atoms with Gasteiger partial charge in [0.25, 0.3) is 11.6 Å². The highest BCUT2D eigenvalue weighted by molar-refractivity contribution is 6.41. The molecule has 0 fully saturated rings. The molecule has 0 saturated carbocycles. The maximum absolute atomic E-state index is 12.0. The summed E-state index contributed by atoms with van der Waals surface area (Å²) in [4.78, 5) is 25.9. The lowest BCUT2D eigenvalue weighted by Gasteiger charge is -2.07. The Morgan fingerprint density at radius 2 is 1.90 bits per heavy atom. The Morgan fingerprint density at radius 3 is 2.52 bits per heavy atom. The number of nitrogens with zero attached hydrogens (tertiary/aromatic N) is 2. The summed E-state index contributed by atoms with van der Waals surface area (Å²) in [6, 6.07) is 5.05. The van der Waals surface area contributed by atoms with Crippen LogP contribution in [0, 0.1) is 10.1 Å². The van der Waals surface area contributed by atoms with Crippen LogP contribution in [0.25, 0.3) is 0 Å². The van der Waals surface area contributed by atoms with Gasteiger partial charge < -0.3 is 5.32 Å². The highest BCUT2D eigenvalue weighted by atomic mass is 35.5. The van der Waals surface area contributed by atoms with Crippen molar-refractivity contribution < 1.29 is 9.72 Å². The molecule has 0 aliphatic carbocycles. The van der Waals surface area contributed by atoms with Gasteiger partial charge in [-0.3, -0.25) is 14.9 Å². The van der Waals surface area contributed by atoms with Gasteiger partial charge >= 0.3 is 0 Å². The molecule has 0 aliphatic heterocycles. The van der Waals surface area contributed by atoms with Gasteiger partial charge in [0.05, 0.1) is 26.2 Å². The average Bonchev–Trinajstić information content (AvgIpc) is 2.43. The van der Waals surface area contributed by atoms with Gasteiger partial charge in [0.1, 0.15) is 5.15 Å². The Labute approximate surface area is 133 Å². The first-order valence-electron chi connectivity index (χ1n) is 5.45. The van der Waals surface area contributed by atoms with Crippen molar-refractivity contribution in [2.45, 2.75) is 0 Å². The van der Waals surface area contributed by atoms with Gasteiger partial charge in [0.2, 0.25) is 0 Å². The zero-order chi connectivity index (χ0) is 15.6. The molecule has 21 heavy (non-hydrogen) atoms. The van der Waals surface area contributed by atoms with Gasteiger partial charge in [-0.2, -0.15) is 0 Å². The predicted molar refractivity (Wildman–Crippen MR) is 80.3 cm³/mol. The summed E-state index contributed by atoms with van der Waals surface area (Å²) in [6.45, 7) is 0. The van der Waals surface area contributed by atoms with Crippen molar-refractivity contribution in [2.24, 2.45) is 0 Å². The Bertz CT molecular complexity index is 737. The summed E-state index contributed by atoms with van der Waals surface area (Å²) in [7, 11) is 0. The fourth-order valence-corrected chi connectivity index (χ4v) is 1.90. The number of pyridine rings is 1. The Balaban J connectivity index is 2.28. The zero-order valence-corrected chi connectivity index (χ0v) is 12.4. The zero-order valence-electron chi connectivity index (χ0n) is 10.1. The third-order valence-electron chi connectivity index (χ3n) is 2.47. The van der Waals surface area contributed by atoms with Crippen molar-refractivity contribution in [3.63, 3.8) is 0 Å². The molecule has 0 unspecified atom stereocenters. The Hall–Kier alpha value is -1.89. The molecule has 108 valence electrons. The lowest BCUT2D eigenvalue weighted by molar-refractivity contribution is -0.384. The van der Waals surface area contributed by atoms with Crippen molar-refractivity contribution in [1.82, 2.24) is 4.98 Å². The number of carbonyl (C=O) groups excluding carboxylic acids is 1. The number of anilines is 1. The van der Waals surface area contributed by atoms with Crippen LogP contribution in [0.2, 0.25) is 15.2 Å². The molecule has 2 rings (SSSR count). The first kappa shape index (κ1) is 15.5. The van der Waals surface area contributed by atoms with Gasteiger partial charge in [-0.05, 0) is 12.1 Å². The molecule has 1 heterocycles. The monoisotopic (exact) mass is 345 g/mol. The van der Waals surface area contributed by atoms with E-state index in [9.17, 15) is 14.9 Å². The van der Waals surface area contributed by atoms with Crippen LogP contribution in [0.4, 0.5) is 11.4 Å². The lowest BCUT2D eigenvalue weighted by Crippen LogP contribution is -2.12. The van der Waals surface area contributed by atoms with Gasteiger partial charge in [0.15, 0.2) is 0 Å². The standard InChI is InChI=1S/C12H6Cl3N3O3/c13-8-2-1-7(18(20)21)4-10(8)17-12(19)6-3-9(14)11(15)16-5-6/h1-5H,(H,17,19). The molecule has 6 nitrogen and oxygen atoms in total. The van der Waals surface area contributed by atoms with Crippen LogP contribution in [0.1, 0.15) is 10.4 Å². The summed E-state index contributed by atoms with van der Waals surface area (Å²) >= 11 is 17.3. The highest BCUT2D eigenvalue weighted by Crippen LogP contribution is 2.27. The summed E-state index contributed by atoms with van der Waals surface area (Å²) < 4.78 is 0. The summed E-state index contributed by atoms with van der Waals surface area (Å²) in [6.07, 6.45) is 1.23. The first-order chi connectivity index (χ1) is 9.88. The molecule has 0 saturated heterocycles. The molecule has 0 bridgehead atoms. The molecule has 0 spiro atoms. The van der Waals surface area contributed by atoms with E-state index in [1.165, 1.54) is 24.4 Å². The molecule has 1 amide bonds. The normalized spacial score (nSPS) is 10.2. The van der Waals surface area contributed by atoms with Crippen LogP contribution in [0.15, 0.2) is 30.5 Å². The molecule has 0 aliphatic rings. The van der Waals surface area contributed by atoms with Gasteiger partial charge in [-0.15, -0.1) is 0 Å². The molecule has 2 aromatic rings. The number of hydrogen-bond acceptors (Lipinski definition) is 4. The molecule has 9 heteroatoms. The van der Waals surface area contributed by atoms with Gasteiger partial charge in [0, 0.05) is 18.3 Å². The van der Waals surface area contributed by atoms with Crippen LogP contribution >= 0.6 is 34.8 Å². The quantitative estimate of drug-likeness (QED) is 0.512. The van der Waals surface area contributed by atoms with E-state index in [-0.39, 0.29) is 32.1 Å². The van der Waals surface area contributed by atoms with Crippen molar-refractivity contribution in [1.29, 1.82) is 0 Å². The molecule has 1 aromatic heterocycles. The van der Waals surface area contributed by atoms with E-state index in [1.807, 2.05) is 0 Å². The van der Waals surface area contributed by atoms with Crippen LogP contribution in [-0.4, -0.2) is 15.8 Å². The molecule has 1 N–H and O–H groups in total. The minimum Gasteiger partial charge on any atom is -0.320 e. The molecular weight excluding hydrogens is 341 g/mol. The smallest absolute Gasteiger partial charge is 0.271 e. The fraction of sp³-hybridized carbons (Fsp3) is 0. The van der Waals surface area contributed by atoms with Crippen molar-refractivity contribution >= 4 is 52.1 Å². The number of benzene rings is 1. The van der Waals surface area contributed by atoms with Crippen LogP contribution < -0.4 is 5.32 Å². The fourth-order valence-electron chi connectivity index (χ4n) is 1.46. The summed E-state index contributed by atoms with van der Waals surface area (Å²) in [5.41, 5.74) is 0.0656. The number of carbonyl (C=O) groups is 1. The van der Waals surface area contributed by atoms with Crippen molar-refractivity contribution in [3.05, 3.63) is 61.3 Å². The Morgan fingerprint density at radius 1 is 1.19 bits per heavy atom. The number of nitro benzene ring substituents is 1. The first-order valence-corrected chi connectivity index (χ1v) is 6.58. The lowest BCUT2D eigenvalue weighted by atomic mass is 10.2. The van der Waals surface area contributed by atoms with Crippen LogP contribution in [0.5, 0.6) is 0 Å². The molecule has 0 atom stereocenters. The van der Waals surface area contributed by atoms with E-state index >= 15 is 0 Å². The summed E-state index contributed by atoms with van der Waals surface area (Å²) in [5, 5.41) is 13.5. The number of non-ortho nitro benzene ring substituents is 1. The van der Waals surface area contributed by atoms with E-state index in [0.29, 0.717) is 0 Å². The number of aromatic nitrogens is 1. The summed E-state index contributed by atoms with van der Waals surface area (Å²) in [5.74, 6) is -0.566. The Kier molecular flexibility index (Phi) is 4.62. The van der Waals surface area contributed by atoms with E-state index in [4.69, 9.17) is 34.8 Å². The van der Waals surface area contributed by atoms with Gasteiger partial charge in [-0.25, -0.2) is 4.98 Å². The number of nitrogens with one attached hydrogen (secondary N) is 1. The average molecular weight is 347 g/mol. The number of hydrogen-bond donors (Lipinski definition) is 1. The second kappa shape index (κ2) is 6.26. The third kappa shape index (κ3) is 3.60. The molecule has 0 radical (unpaired) electrons. The molecular formula is C12H6Cl3N3O3. The van der Waals surface area contributed by atoms with E-state index in [1.54, 1.807) is 0 Å². The maximum Gasteiger partial charge on any atom is 0.271 e. The van der Waals surface area contributed by atoms with Crippen LogP contribution in [0.3, 0.4) is 0 Å². The van der Waals surface area contributed by atoms with E-state index in [0.717, 1.165) is 6.07 Å². The number of amides is 1. The SMILES string of the molecule is O=C(Nc1cc([N+](=O)[O-])ccc1Cl)c1cnc(Cl)c(Cl)c1. The minimum absolute atomic E-state index is 0.0709. The van der Waals surface area contributed by atoms with Gasteiger partial charge in [-0.1, -0.05) is 34.8 Å². The van der Waals surface area contributed by atoms with Crippen molar-refractivity contribution in [2.75, 3.05) is 5.32 Å². The third-order valence-corrected chi connectivity index (χ3v) is 3.48. The van der Waals surface area contributed by atoms with Crippen LogP contribution in [-0.2, 0) is 0 Å². The van der Waals surface area contributed by atoms with Crippen molar-refractivity contribution in [3.8, 4) is 0 Å².